The Bertz CT molecular complexity index is 259. The van der Waals surface area contributed by atoms with Crippen LogP contribution in [0, 0.1) is 5.92 Å². The normalized spacial score (nSPS) is 22.2. The second-order valence-electron chi connectivity index (χ2n) is 5.55. The van der Waals surface area contributed by atoms with E-state index in [0.29, 0.717) is 6.54 Å². The first-order valence-electron chi connectivity index (χ1n) is 7.79. The molecule has 4 nitrogen and oxygen atoms in total. The predicted octanol–water partition coefficient (Wildman–Crippen LogP) is 2.04. The number of morpholine rings is 1. The molecule has 0 aromatic heterocycles. The lowest BCUT2D eigenvalue weighted by Gasteiger charge is -2.33. The third-order valence-electron chi connectivity index (χ3n) is 3.86. The summed E-state index contributed by atoms with van der Waals surface area (Å²) in [5.74, 6) is 0.249. The molecule has 0 aromatic carbocycles. The van der Waals surface area contributed by atoms with Crippen molar-refractivity contribution >= 4 is 5.91 Å². The van der Waals surface area contributed by atoms with Gasteiger partial charge in [0.15, 0.2) is 0 Å². The van der Waals surface area contributed by atoms with Gasteiger partial charge in [0.1, 0.15) is 0 Å². The molecule has 0 saturated carbocycles. The van der Waals surface area contributed by atoms with Gasteiger partial charge < -0.3 is 10.1 Å². The zero-order chi connectivity index (χ0) is 14.1. The molecular weight excluding hydrogens is 240 g/mol. The van der Waals surface area contributed by atoms with Crippen LogP contribution in [0.4, 0.5) is 0 Å². The van der Waals surface area contributed by atoms with Crippen LogP contribution in [0.2, 0.25) is 0 Å². The molecule has 1 unspecified atom stereocenters. The van der Waals surface area contributed by atoms with Crippen molar-refractivity contribution in [1.82, 2.24) is 10.2 Å². The van der Waals surface area contributed by atoms with Gasteiger partial charge >= 0.3 is 0 Å². The van der Waals surface area contributed by atoms with E-state index in [1.165, 1.54) is 19.3 Å². The zero-order valence-electron chi connectivity index (χ0n) is 12.8. The van der Waals surface area contributed by atoms with Gasteiger partial charge in [-0.2, -0.15) is 0 Å². The number of amides is 1. The van der Waals surface area contributed by atoms with Crippen LogP contribution in [-0.4, -0.2) is 49.7 Å². The van der Waals surface area contributed by atoms with Crippen LogP contribution >= 0.6 is 0 Å². The highest BCUT2D eigenvalue weighted by atomic mass is 16.5. The Morgan fingerprint density at radius 2 is 2.21 bits per heavy atom. The van der Waals surface area contributed by atoms with Gasteiger partial charge in [0.2, 0.25) is 5.91 Å². The number of carbonyl (C=O) groups is 1. The summed E-state index contributed by atoms with van der Waals surface area (Å²) in [4.78, 5) is 14.2. The van der Waals surface area contributed by atoms with Gasteiger partial charge in [0.05, 0.1) is 12.7 Å². The van der Waals surface area contributed by atoms with Crippen LogP contribution in [0.1, 0.15) is 46.5 Å². The quantitative estimate of drug-likeness (QED) is 0.686. The van der Waals surface area contributed by atoms with Crippen molar-refractivity contribution in [1.29, 1.82) is 0 Å². The Labute approximate surface area is 117 Å². The molecule has 112 valence electrons. The van der Waals surface area contributed by atoms with E-state index in [1.54, 1.807) is 0 Å². The second-order valence-corrected chi connectivity index (χ2v) is 5.55. The summed E-state index contributed by atoms with van der Waals surface area (Å²) in [5, 5.41) is 3.00. The third kappa shape index (κ3) is 6.39. The number of nitrogens with zero attached hydrogens (tertiary/aromatic N) is 1. The minimum atomic E-state index is 0.101. The van der Waals surface area contributed by atoms with E-state index in [4.69, 9.17) is 4.74 Å². The largest absolute Gasteiger partial charge is 0.374 e. The molecule has 0 aliphatic carbocycles. The molecule has 1 amide bonds. The summed E-state index contributed by atoms with van der Waals surface area (Å²) in [6.07, 6.45) is 4.87. The average Bonchev–Trinajstić information content (AvgIpc) is 2.44. The van der Waals surface area contributed by atoms with Crippen LogP contribution < -0.4 is 5.32 Å². The van der Waals surface area contributed by atoms with Crippen molar-refractivity contribution in [2.24, 2.45) is 5.92 Å². The van der Waals surface area contributed by atoms with Gasteiger partial charge in [-0.15, -0.1) is 0 Å². The first kappa shape index (κ1) is 16.4. The number of unbranched alkanes of at least 4 members (excludes halogenated alkanes) is 2. The fourth-order valence-corrected chi connectivity index (χ4v) is 2.27. The monoisotopic (exact) mass is 270 g/mol. The van der Waals surface area contributed by atoms with Crippen LogP contribution in [-0.2, 0) is 9.53 Å². The molecule has 1 aliphatic rings. The van der Waals surface area contributed by atoms with Crippen LogP contribution in [0.5, 0.6) is 0 Å². The highest BCUT2D eigenvalue weighted by molar-refractivity contribution is 5.78. The Balaban J connectivity index is 2.21. The molecule has 1 N–H and O–H groups in total. The van der Waals surface area contributed by atoms with Gasteiger partial charge in [-0.3, -0.25) is 9.69 Å². The Kier molecular flexibility index (Phi) is 8.07. The van der Waals surface area contributed by atoms with Gasteiger partial charge in [0, 0.05) is 25.6 Å². The summed E-state index contributed by atoms with van der Waals surface area (Å²) in [6.45, 7) is 10.8. The highest BCUT2D eigenvalue weighted by Gasteiger charge is 2.21. The zero-order valence-corrected chi connectivity index (χ0v) is 12.8. The topological polar surface area (TPSA) is 41.6 Å². The van der Waals surface area contributed by atoms with E-state index in [9.17, 15) is 4.79 Å². The van der Waals surface area contributed by atoms with Crippen LogP contribution in [0.25, 0.3) is 0 Å². The maximum atomic E-state index is 11.7. The lowest BCUT2D eigenvalue weighted by molar-refractivity contribution is -0.125. The molecule has 0 spiro atoms. The van der Waals surface area contributed by atoms with Crippen molar-refractivity contribution in [3.05, 3.63) is 0 Å². The van der Waals surface area contributed by atoms with Crippen LogP contribution in [0.3, 0.4) is 0 Å². The van der Waals surface area contributed by atoms with E-state index >= 15 is 0 Å². The van der Waals surface area contributed by atoms with Crippen molar-refractivity contribution in [3.63, 3.8) is 0 Å². The van der Waals surface area contributed by atoms with Crippen LogP contribution in [0.15, 0.2) is 0 Å². The lowest BCUT2D eigenvalue weighted by Crippen LogP contribution is -2.48. The highest BCUT2D eigenvalue weighted by Crippen LogP contribution is 2.07. The Hall–Kier alpha value is -0.610. The number of carbonyl (C=O) groups excluding carboxylic acids is 1. The molecule has 0 radical (unpaired) electrons. The molecule has 0 bridgehead atoms. The van der Waals surface area contributed by atoms with Crippen molar-refractivity contribution in [2.45, 2.75) is 52.6 Å². The molecular formula is C15H30N2O2. The van der Waals surface area contributed by atoms with Gasteiger partial charge in [-0.1, -0.05) is 33.6 Å². The summed E-state index contributed by atoms with van der Waals surface area (Å²) >= 11 is 0. The summed E-state index contributed by atoms with van der Waals surface area (Å²) in [6, 6.07) is 0. The van der Waals surface area contributed by atoms with E-state index in [2.05, 4.69) is 17.1 Å². The number of rotatable bonds is 8. The van der Waals surface area contributed by atoms with E-state index in [-0.39, 0.29) is 17.9 Å². The average molecular weight is 270 g/mol. The summed E-state index contributed by atoms with van der Waals surface area (Å²) in [7, 11) is 0. The molecule has 1 rings (SSSR count). The van der Waals surface area contributed by atoms with E-state index in [0.717, 1.165) is 32.7 Å². The predicted molar refractivity (Wildman–Crippen MR) is 78.2 cm³/mol. The number of hydrogen-bond donors (Lipinski definition) is 1. The maximum absolute atomic E-state index is 11.7. The molecule has 2 atom stereocenters. The summed E-state index contributed by atoms with van der Waals surface area (Å²) < 4.78 is 5.72. The van der Waals surface area contributed by atoms with Gasteiger partial charge in [-0.05, 0) is 19.4 Å². The minimum absolute atomic E-state index is 0.101. The molecule has 1 saturated heterocycles. The van der Waals surface area contributed by atoms with Gasteiger partial charge in [-0.25, -0.2) is 0 Å². The summed E-state index contributed by atoms with van der Waals surface area (Å²) in [5.41, 5.74) is 0. The van der Waals surface area contributed by atoms with Gasteiger partial charge in [0.25, 0.3) is 0 Å². The number of nitrogens with one attached hydrogen (secondary N) is 1. The molecule has 0 aromatic rings. The second kappa shape index (κ2) is 9.32. The molecule has 4 heteroatoms. The minimum Gasteiger partial charge on any atom is -0.374 e. The maximum Gasteiger partial charge on any atom is 0.222 e. The van der Waals surface area contributed by atoms with Crippen molar-refractivity contribution in [2.75, 3.05) is 32.8 Å². The first-order valence-corrected chi connectivity index (χ1v) is 7.79. The van der Waals surface area contributed by atoms with E-state index < -0.39 is 0 Å². The standard InChI is InChI=1S/C15H30N2O2/c1-4-6-7-8-17-9-10-19-14(12-17)11-16-15(18)13(3)5-2/h13-14H,4-12H2,1-3H3,(H,16,18)/t13?,14-/m1/s1. The lowest BCUT2D eigenvalue weighted by atomic mass is 10.1. The smallest absolute Gasteiger partial charge is 0.222 e. The first-order chi connectivity index (χ1) is 9.17. The number of hydrogen-bond acceptors (Lipinski definition) is 3. The fourth-order valence-electron chi connectivity index (χ4n) is 2.27. The van der Waals surface area contributed by atoms with E-state index in [1.807, 2.05) is 13.8 Å². The molecule has 1 fully saturated rings. The SMILES string of the molecule is CCCCCN1CCO[C@H](CNC(=O)C(C)CC)C1. The molecule has 1 heterocycles. The third-order valence-corrected chi connectivity index (χ3v) is 3.86. The fraction of sp³-hybridized carbons (Fsp3) is 0.933. The number of ether oxygens (including phenoxy) is 1. The van der Waals surface area contributed by atoms with Crippen molar-refractivity contribution in [3.8, 4) is 0 Å². The Morgan fingerprint density at radius 3 is 2.89 bits per heavy atom. The van der Waals surface area contributed by atoms with Crippen molar-refractivity contribution < 1.29 is 9.53 Å². The molecule has 1 aliphatic heterocycles. The molecule has 19 heavy (non-hydrogen) atoms. The Morgan fingerprint density at radius 1 is 1.42 bits per heavy atom.